The van der Waals surface area contributed by atoms with E-state index in [9.17, 15) is 5.02 Å². The Kier molecular flexibility index (Phi) is 3.55. The summed E-state index contributed by atoms with van der Waals surface area (Å²) in [6.45, 7) is 3.81. The number of nitrogen functional groups attached to an aromatic ring is 1. The monoisotopic (exact) mass is 192 g/mol. The van der Waals surface area contributed by atoms with Gasteiger partial charge in [-0.05, 0) is 38.5 Å². The van der Waals surface area contributed by atoms with Crippen LogP contribution in [0.4, 0.5) is 5.69 Å². The van der Waals surface area contributed by atoms with Crippen LogP contribution in [0, 0.1) is 0 Å². The minimum Gasteiger partial charge on any atom is -0.437 e. The van der Waals surface area contributed by atoms with Gasteiger partial charge in [-0.3, -0.25) is 0 Å². The molecule has 1 rings (SSSR count). The molecule has 0 aromatic heterocycles. The molecule has 3 N–H and O–H groups in total. The second-order valence-corrected chi connectivity index (χ2v) is 3.64. The van der Waals surface area contributed by atoms with E-state index in [2.05, 4.69) is 6.92 Å². The van der Waals surface area contributed by atoms with Crippen molar-refractivity contribution in [2.75, 3.05) is 12.8 Å². The topological polar surface area (TPSA) is 49.5 Å². The van der Waals surface area contributed by atoms with E-state index >= 15 is 0 Å². The fraction of sp³-hybridized carbons (Fsp3) is 0.400. The molecule has 0 saturated heterocycles. The van der Waals surface area contributed by atoms with Gasteiger partial charge in [0.25, 0.3) is 0 Å². The van der Waals surface area contributed by atoms with Gasteiger partial charge in [0.05, 0.1) is 0 Å². The van der Waals surface area contributed by atoms with Crippen LogP contribution in [0.2, 0.25) is 6.82 Å². The number of nitrogens with two attached hydrogens (primary N) is 1. The number of benzene rings is 1. The lowest BCUT2D eigenvalue weighted by Gasteiger charge is -2.25. The van der Waals surface area contributed by atoms with Gasteiger partial charge >= 0.3 is 7.05 Å². The van der Waals surface area contributed by atoms with Gasteiger partial charge in [-0.15, -0.1) is 0 Å². The number of anilines is 1. The first-order valence-corrected chi connectivity index (χ1v) is 4.78. The van der Waals surface area contributed by atoms with E-state index in [0.717, 1.165) is 11.3 Å². The van der Waals surface area contributed by atoms with Crippen LogP contribution in [0.1, 0.15) is 18.5 Å². The van der Waals surface area contributed by atoms with Crippen LogP contribution < -0.4 is 5.73 Å². The minimum atomic E-state index is -0.442. The normalized spacial score (nSPS) is 12.9. The van der Waals surface area contributed by atoms with Crippen LogP contribution in [-0.2, 0) is 0 Å². The van der Waals surface area contributed by atoms with Crippen molar-refractivity contribution in [3.63, 3.8) is 0 Å². The molecule has 1 aromatic rings. The van der Waals surface area contributed by atoms with Gasteiger partial charge in [-0.25, -0.2) is 0 Å². The number of hydrogen-bond donors (Lipinski definition) is 2. The molecule has 0 spiro atoms. The van der Waals surface area contributed by atoms with Gasteiger partial charge in [0, 0.05) is 11.7 Å². The predicted octanol–water partition coefficient (Wildman–Crippen LogP) is 1.37. The fourth-order valence-electron chi connectivity index (χ4n) is 1.33. The third kappa shape index (κ3) is 2.50. The van der Waals surface area contributed by atoms with Crippen molar-refractivity contribution >= 4 is 12.7 Å². The zero-order valence-corrected chi connectivity index (χ0v) is 8.94. The molecule has 0 aliphatic rings. The fourth-order valence-corrected chi connectivity index (χ4v) is 1.33. The highest BCUT2D eigenvalue weighted by atomic mass is 16.2. The van der Waals surface area contributed by atoms with E-state index in [-0.39, 0.29) is 6.04 Å². The molecule has 0 amide bonds. The van der Waals surface area contributed by atoms with Crippen molar-refractivity contribution in [2.45, 2.75) is 19.8 Å². The molecule has 76 valence electrons. The van der Waals surface area contributed by atoms with Crippen LogP contribution in [0.3, 0.4) is 0 Å². The predicted molar refractivity (Wildman–Crippen MR) is 60.9 cm³/mol. The summed E-state index contributed by atoms with van der Waals surface area (Å²) in [6.07, 6.45) is 0. The molecule has 0 heterocycles. The Morgan fingerprint density at radius 3 is 2.29 bits per heavy atom. The average molecular weight is 192 g/mol. The van der Waals surface area contributed by atoms with Crippen molar-refractivity contribution in [2.24, 2.45) is 0 Å². The lowest BCUT2D eigenvalue weighted by molar-refractivity contribution is 0.354. The van der Waals surface area contributed by atoms with E-state index in [4.69, 9.17) is 5.73 Å². The first kappa shape index (κ1) is 11.1. The molecule has 0 aliphatic heterocycles. The summed E-state index contributed by atoms with van der Waals surface area (Å²) in [4.78, 5) is 1.89. The summed E-state index contributed by atoms with van der Waals surface area (Å²) in [7, 11) is 1.45. The van der Waals surface area contributed by atoms with Crippen LogP contribution in [0.15, 0.2) is 24.3 Å². The summed E-state index contributed by atoms with van der Waals surface area (Å²) in [5.41, 5.74) is 7.52. The number of nitrogens with zero attached hydrogens (tertiary/aromatic N) is 1. The zero-order chi connectivity index (χ0) is 10.7. The molecule has 0 radical (unpaired) electrons. The smallest absolute Gasteiger partial charge is 0.376 e. The number of hydrogen-bond acceptors (Lipinski definition) is 3. The molecule has 1 unspecified atom stereocenters. The Morgan fingerprint density at radius 1 is 1.36 bits per heavy atom. The van der Waals surface area contributed by atoms with E-state index in [1.54, 1.807) is 6.82 Å². The third-order valence-corrected chi connectivity index (χ3v) is 2.62. The highest BCUT2D eigenvalue weighted by molar-refractivity contribution is 6.45. The lowest BCUT2D eigenvalue weighted by atomic mass is 9.83. The van der Waals surface area contributed by atoms with Gasteiger partial charge in [0.15, 0.2) is 0 Å². The highest BCUT2D eigenvalue weighted by Crippen LogP contribution is 2.19. The third-order valence-electron chi connectivity index (χ3n) is 2.62. The molecule has 0 fully saturated rings. The minimum absolute atomic E-state index is 0.190. The van der Waals surface area contributed by atoms with Crippen LogP contribution in [0.5, 0.6) is 0 Å². The SMILES string of the molecule is CB(O)N(C)C(C)c1ccc(N)cc1. The molecule has 4 heteroatoms. The average Bonchev–Trinajstić information content (AvgIpc) is 2.16. The second kappa shape index (κ2) is 4.48. The molecular formula is C10H17BN2O. The Labute approximate surface area is 85.7 Å². The standard InChI is InChI=1S/C10H17BN2O/c1-8(13(3)11(2)14)9-4-6-10(12)7-5-9/h4-8,14H,12H2,1-3H3. The van der Waals surface area contributed by atoms with Gasteiger partial charge in [-0.1, -0.05) is 12.1 Å². The largest absolute Gasteiger partial charge is 0.437 e. The maximum Gasteiger partial charge on any atom is 0.376 e. The van der Waals surface area contributed by atoms with E-state index < -0.39 is 7.05 Å². The van der Waals surface area contributed by atoms with Crippen molar-refractivity contribution in [3.05, 3.63) is 29.8 Å². The zero-order valence-electron chi connectivity index (χ0n) is 8.94. The summed E-state index contributed by atoms with van der Waals surface area (Å²) in [5.74, 6) is 0. The van der Waals surface area contributed by atoms with Crippen molar-refractivity contribution in [3.8, 4) is 0 Å². The quantitative estimate of drug-likeness (QED) is 0.561. The van der Waals surface area contributed by atoms with Crippen molar-refractivity contribution < 1.29 is 5.02 Å². The molecule has 1 aromatic carbocycles. The summed E-state index contributed by atoms with van der Waals surface area (Å²) < 4.78 is 0. The molecule has 14 heavy (non-hydrogen) atoms. The maximum atomic E-state index is 9.41. The van der Waals surface area contributed by atoms with E-state index in [0.29, 0.717) is 0 Å². The van der Waals surface area contributed by atoms with E-state index in [1.807, 2.05) is 36.1 Å². The molecule has 0 aliphatic carbocycles. The number of rotatable bonds is 3. The van der Waals surface area contributed by atoms with Gasteiger partial charge in [-0.2, -0.15) is 0 Å². The molecule has 3 nitrogen and oxygen atoms in total. The Bertz CT molecular complexity index is 287. The van der Waals surface area contributed by atoms with Crippen molar-refractivity contribution in [1.29, 1.82) is 0 Å². The van der Waals surface area contributed by atoms with Crippen LogP contribution >= 0.6 is 0 Å². The molecule has 0 saturated carbocycles. The Hall–Kier alpha value is -0.995. The van der Waals surface area contributed by atoms with E-state index in [1.165, 1.54) is 0 Å². The summed E-state index contributed by atoms with van der Waals surface area (Å²) in [6, 6.07) is 7.91. The Morgan fingerprint density at radius 2 is 1.86 bits per heavy atom. The Balaban J connectivity index is 2.78. The van der Waals surface area contributed by atoms with Crippen LogP contribution in [0.25, 0.3) is 0 Å². The first-order chi connectivity index (χ1) is 6.52. The summed E-state index contributed by atoms with van der Waals surface area (Å²) in [5, 5.41) is 9.41. The molecule has 1 atom stereocenters. The lowest BCUT2D eigenvalue weighted by Crippen LogP contribution is -2.35. The summed E-state index contributed by atoms with van der Waals surface area (Å²) >= 11 is 0. The first-order valence-electron chi connectivity index (χ1n) is 4.78. The second-order valence-electron chi connectivity index (χ2n) is 3.64. The van der Waals surface area contributed by atoms with Gasteiger partial charge in [0.1, 0.15) is 0 Å². The highest BCUT2D eigenvalue weighted by Gasteiger charge is 2.18. The van der Waals surface area contributed by atoms with Gasteiger partial charge < -0.3 is 15.6 Å². The molecule has 0 bridgehead atoms. The van der Waals surface area contributed by atoms with Gasteiger partial charge in [0.2, 0.25) is 0 Å². The molecular weight excluding hydrogens is 175 g/mol. The maximum absolute atomic E-state index is 9.41. The van der Waals surface area contributed by atoms with Crippen molar-refractivity contribution in [1.82, 2.24) is 4.81 Å². The van der Waals surface area contributed by atoms with Crippen LogP contribution in [-0.4, -0.2) is 23.9 Å².